The molecule has 0 amide bonds. The van der Waals surface area contributed by atoms with Crippen molar-refractivity contribution in [1.29, 1.82) is 0 Å². The number of fused-ring (bicyclic) bond motifs is 1. The molecule has 0 spiro atoms. The highest BCUT2D eigenvalue weighted by molar-refractivity contribution is 5.93. The first kappa shape index (κ1) is 22.0. The summed E-state index contributed by atoms with van der Waals surface area (Å²) in [5, 5.41) is -0.297. The van der Waals surface area contributed by atoms with E-state index in [0.29, 0.717) is 11.5 Å². The van der Waals surface area contributed by atoms with Crippen LogP contribution in [-0.2, 0) is 0 Å². The van der Waals surface area contributed by atoms with Gasteiger partial charge in [0.05, 0.1) is 0 Å². The Kier molecular flexibility index (Phi) is 6.00. The number of allylic oxidation sites excluding steroid dienone is 1. The highest BCUT2D eigenvalue weighted by atomic mass is 19.2. The minimum Gasteiger partial charge on any atom is -0.423 e. The number of carbonyl (C=O) groups excluding carboxylic acids is 1. The van der Waals surface area contributed by atoms with Gasteiger partial charge in [-0.15, -0.1) is 6.58 Å². The smallest absolute Gasteiger partial charge is 0.349 e. The summed E-state index contributed by atoms with van der Waals surface area (Å²) in [6.07, 6.45) is 5.19. The molecule has 7 heteroatoms. The number of benzene rings is 3. The van der Waals surface area contributed by atoms with Crippen LogP contribution in [0, 0.1) is 35.0 Å². The molecular formula is C25H19F5O2. The van der Waals surface area contributed by atoms with Crippen LogP contribution in [0.15, 0.2) is 49.1 Å². The van der Waals surface area contributed by atoms with Crippen molar-refractivity contribution in [1.82, 2.24) is 0 Å². The maximum Gasteiger partial charge on any atom is 0.349 e. The summed E-state index contributed by atoms with van der Waals surface area (Å²) in [7, 11) is 0. The summed E-state index contributed by atoms with van der Waals surface area (Å²) >= 11 is 0. The van der Waals surface area contributed by atoms with Gasteiger partial charge in [0.25, 0.3) is 0 Å². The minimum absolute atomic E-state index is 0.00838. The van der Waals surface area contributed by atoms with Crippen LogP contribution in [0.3, 0.4) is 0 Å². The van der Waals surface area contributed by atoms with Gasteiger partial charge in [-0.25, -0.2) is 26.7 Å². The Hall–Kier alpha value is -3.22. The van der Waals surface area contributed by atoms with Crippen molar-refractivity contribution >= 4 is 16.7 Å². The summed E-state index contributed by atoms with van der Waals surface area (Å²) in [5.41, 5.74) is -0.372. The van der Waals surface area contributed by atoms with Crippen LogP contribution in [0.5, 0.6) is 5.75 Å². The number of hydrogen-bond donors (Lipinski definition) is 0. The van der Waals surface area contributed by atoms with E-state index in [1.807, 2.05) is 6.08 Å². The SMILES string of the molecule is C=CC1CCC(c2cc(F)c(C(=O)Oc3ccc4c(F)c(F)c(F)cc4c3)c(F)c2)CC1. The summed E-state index contributed by atoms with van der Waals surface area (Å²) in [6.45, 7) is 3.78. The molecule has 166 valence electrons. The van der Waals surface area contributed by atoms with E-state index >= 15 is 0 Å². The van der Waals surface area contributed by atoms with Crippen molar-refractivity contribution in [3.05, 3.63) is 89.3 Å². The molecule has 0 bridgehead atoms. The number of hydrogen-bond acceptors (Lipinski definition) is 2. The van der Waals surface area contributed by atoms with E-state index < -0.39 is 40.6 Å². The van der Waals surface area contributed by atoms with E-state index in [1.165, 1.54) is 0 Å². The Morgan fingerprint density at radius 3 is 2.16 bits per heavy atom. The van der Waals surface area contributed by atoms with Crippen molar-refractivity contribution in [2.24, 2.45) is 5.92 Å². The second-order valence-electron chi connectivity index (χ2n) is 7.97. The lowest BCUT2D eigenvalue weighted by Crippen LogP contribution is -2.16. The number of esters is 1. The topological polar surface area (TPSA) is 26.3 Å². The average Bonchev–Trinajstić information content (AvgIpc) is 2.77. The summed E-state index contributed by atoms with van der Waals surface area (Å²) in [4.78, 5) is 12.4. The molecule has 0 aliphatic heterocycles. The van der Waals surface area contributed by atoms with Crippen LogP contribution in [0.25, 0.3) is 10.8 Å². The molecule has 0 saturated heterocycles. The van der Waals surface area contributed by atoms with Crippen LogP contribution in [0.2, 0.25) is 0 Å². The Morgan fingerprint density at radius 2 is 1.53 bits per heavy atom. The van der Waals surface area contributed by atoms with Crippen molar-refractivity contribution in [3.63, 3.8) is 0 Å². The highest BCUT2D eigenvalue weighted by Crippen LogP contribution is 2.37. The van der Waals surface area contributed by atoms with Gasteiger partial charge in [-0.3, -0.25) is 0 Å². The third kappa shape index (κ3) is 4.11. The molecule has 4 rings (SSSR count). The molecule has 1 aliphatic carbocycles. The molecule has 0 unspecified atom stereocenters. The van der Waals surface area contributed by atoms with Gasteiger partial charge in [0, 0.05) is 5.39 Å². The first-order chi connectivity index (χ1) is 15.3. The number of rotatable bonds is 4. The quantitative estimate of drug-likeness (QED) is 0.139. The molecule has 0 N–H and O–H groups in total. The molecule has 32 heavy (non-hydrogen) atoms. The number of ether oxygens (including phenoxy) is 1. The first-order valence-corrected chi connectivity index (χ1v) is 10.2. The molecule has 0 radical (unpaired) electrons. The number of halogens is 5. The van der Waals surface area contributed by atoms with Crippen molar-refractivity contribution in [3.8, 4) is 5.75 Å². The molecule has 2 nitrogen and oxygen atoms in total. The largest absolute Gasteiger partial charge is 0.423 e. The number of carbonyl (C=O) groups is 1. The van der Waals surface area contributed by atoms with E-state index in [-0.39, 0.29) is 22.4 Å². The van der Waals surface area contributed by atoms with Gasteiger partial charge < -0.3 is 4.74 Å². The maximum absolute atomic E-state index is 14.7. The lowest BCUT2D eigenvalue weighted by molar-refractivity contribution is 0.0724. The van der Waals surface area contributed by atoms with Crippen LogP contribution in [0.4, 0.5) is 22.0 Å². The molecule has 1 fully saturated rings. The van der Waals surface area contributed by atoms with Crippen LogP contribution < -0.4 is 4.74 Å². The first-order valence-electron chi connectivity index (χ1n) is 10.2. The predicted octanol–water partition coefficient (Wildman–Crippen LogP) is 7.21. The zero-order chi connectivity index (χ0) is 23.0. The van der Waals surface area contributed by atoms with Crippen molar-refractivity contribution in [2.45, 2.75) is 31.6 Å². The Balaban J connectivity index is 1.57. The van der Waals surface area contributed by atoms with Crippen LogP contribution in [-0.4, -0.2) is 5.97 Å². The molecular weight excluding hydrogens is 427 g/mol. The summed E-state index contributed by atoms with van der Waals surface area (Å²) in [6, 6.07) is 6.33. The van der Waals surface area contributed by atoms with Gasteiger partial charge in [0.15, 0.2) is 17.5 Å². The zero-order valence-electron chi connectivity index (χ0n) is 16.9. The molecule has 3 aromatic rings. The fraction of sp³-hybridized carbons (Fsp3) is 0.240. The van der Waals surface area contributed by atoms with Gasteiger partial charge in [0.1, 0.15) is 22.9 Å². The molecule has 0 aromatic heterocycles. The molecule has 0 heterocycles. The molecule has 3 aromatic carbocycles. The van der Waals surface area contributed by atoms with Gasteiger partial charge in [-0.05, 0) is 84.9 Å². The van der Waals surface area contributed by atoms with E-state index in [2.05, 4.69) is 6.58 Å². The third-order valence-corrected chi connectivity index (χ3v) is 6.00. The third-order valence-electron chi connectivity index (χ3n) is 6.00. The van der Waals surface area contributed by atoms with E-state index in [0.717, 1.165) is 62.1 Å². The van der Waals surface area contributed by atoms with Gasteiger partial charge >= 0.3 is 5.97 Å². The fourth-order valence-electron chi connectivity index (χ4n) is 4.22. The van der Waals surface area contributed by atoms with Crippen LogP contribution in [0.1, 0.15) is 47.5 Å². The zero-order valence-corrected chi connectivity index (χ0v) is 16.9. The standard InChI is InChI=1S/C25H19F5O2/c1-2-13-3-5-14(6-4-13)15-10-19(26)22(20(27)11-15)25(31)32-17-7-8-18-16(9-17)12-21(28)24(30)23(18)29/h2,7-14H,1,3-6H2. The molecule has 0 atom stereocenters. The lowest BCUT2D eigenvalue weighted by Gasteiger charge is -2.27. The van der Waals surface area contributed by atoms with Gasteiger partial charge in [-0.2, -0.15) is 0 Å². The average molecular weight is 446 g/mol. The normalized spacial score (nSPS) is 18.5. The highest BCUT2D eigenvalue weighted by Gasteiger charge is 2.26. The Labute approximate surface area is 181 Å². The van der Waals surface area contributed by atoms with E-state index in [1.54, 1.807) is 0 Å². The monoisotopic (exact) mass is 446 g/mol. The maximum atomic E-state index is 14.7. The second kappa shape index (κ2) is 8.73. The van der Waals surface area contributed by atoms with Crippen molar-refractivity contribution in [2.75, 3.05) is 0 Å². The van der Waals surface area contributed by atoms with E-state index in [4.69, 9.17) is 4.74 Å². The predicted molar refractivity (Wildman–Crippen MR) is 110 cm³/mol. The summed E-state index contributed by atoms with van der Waals surface area (Å²) < 4.78 is 75.0. The van der Waals surface area contributed by atoms with Crippen LogP contribution >= 0.6 is 0 Å². The summed E-state index contributed by atoms with van der Waals surface area (Å²) in [5.74, 6) is -7.60. The van der Waals surface area contributed by atoms with E-state index in [9.17, 15) is 26.7 Å². The Morgan fingerprint density at radius 1 is 0.875 bits per heavy atom. The second-order valence-corrected chi connectivity index (χ2v) is 7.97. The Bertz CT molecular complexity index is 1190. The minimum atomic E-state index is -1.62. The van der Waals surface area contributed by atoms with Gasteiger partial charge in [0.2, 0.25) is 0 Å². The fourth-order valence-corrected chi connectivity index (χ4v) is 4.22. The lowest BCUT2D eigenvalue weighted by atomic mass is 9.78. The van der Waals surface area contributed by atoms with Gasteiger partial charge in [-0.1, -0.05) is 6.08 Å². The molecule has 1 saturated carbocycles. The molecule has 1 aliphatic rings. The van der Waals surface area contributed by atoms with Crippen molar-refractivity contribution < 1.29 is 31.5 Å².